The van der Waals surface area contributed by atoms with Crippen molar-refractivity contribution in [3.63, 3.8) is 0 Å². The molecule has 0 spiro atoms. The molecule has 16 heavy (non-hydrogen) atoms. The largest absolute Gasteiger partial charge is 0.319 e. The molecule has 1 atom stereocenters. The summed E-state index contributed by atoms with van der Waals surface area (Å²) in [5, 5.41) is 2.36. The fourth-order valence-corrected chi connectivity index (χ4v) is 1.14. The first-order valence-corrected chi connectivity index (χ1v) is 4.73. The number of halogens is 4. The van der Waals surface area contributed by atoms with Gasteiger partial charge in [-0.05, 0) is 24.6 Å². The van der Waals surface area contributed by atoms with Crippen molar-refractivity contribution in [2.45, 2.75) is 25.3 Å². The van der Waals surface area contributed by atoms with Crippen molar-refractivity contribution >= 4 is 0 Å². The van der Waals surface area contributed by atoms with E-state index in [4.69, 9.17) is 0 Å². The Hall–Kier alpha value is -1.17. The van der Waals surface area contributed by atoms with Gasteiger partial charge in [-0.3, -0.25) is 4.98 Å². The number of rotatable bonds is 5. The van der Waals surface area contributed by atoms with Crippen LogP contribution < -0.4 is 5.32 Å². The Labute approximate surface area is 90.7 Å². The predicted molar refractivity (Wildman–Crippen MR) is 51.6 cm³/mol. The van der Waals surface area contributed by atoms with Crippen LogP contribution in [0.25, 0.3) is 0 Å². The van der Waals surface area contributed by atoms with Crippen LogP contribution in [0.2, 0.25) is 0 Å². The number of nitrogens with one attached hydrogen (secondary N) is 1. The summed E-state index contributed by atoms with van der Waals surface area (Å²) in [5.41, 5.74) is 0.722. The van der Waals surface area contributed by atoms with Gasteiger partial charge in [0.05, 0.1) is 6.54 Å². The number of aromatic nitrogens is 1. The Kier molecular flexibility index (Phi) is 4.23. The summed E-state index contributed by atoms with van der Waals surface area (Å²) in [7, 11) is 0. The second kappa shape index (κ2) is 5.25. The van der Waals surface area contributed by atoms with Gasteiger partial charge >= 0.3 is 12.3 Å². The minimum atomic E-state index is -4.00. The maximum absolute atomic E-state index is 12.6. The third-order valence-electron chi connectivity index (χ3n) is 2.17. The highest BCUT2D eigenvalue weighted by Crippen LogP contribution is 2.22. The van der Waals surface area contributed by atoms with Crippen LogP contribution >= 0.6 is 0 Å². The molecule has 0 radical (unpaired) electrons. The molecule has 1 heterocycles. The predicted octanol–water partition coefficient (Wildman–Crippen LogP) is 2.63. The second-order valence-electron chi connectivity index (χ2n) is 3.44. The maximum Gasteiger partial charge on any atom is 0.319 e. The molecule has 0 fully saturated rings. The molecule has 1 aromatic heterocycles. The molecule has 90 valence electrons. The minimum Gasteiger partial charge on any atom is -0.304 e. The van der Waals surface area contributed by atoms with Gasteiger partial charge < -0.3 is 5.32 Å². The quantitative estimate of drug-likeness (QED) is 0.795. The van der Waals surface area contributed by atoms with Gasteiger partial charge in [-0.15, -0.1) is 0 Å². The highest BCUT2D eigenvalue weighted by Gasteiger charge is 2.40. The van der Waals surface area contributed by atoms with Crippen LogP contribution in [0.5, 0.6) is 0 Å². The first-order valence-electron chi connectivity index (χ1n) is 4.73. The molecule has 6 heteroatoms. The summed E-state index contributed by atoms with van der Waals surface area (Å²) in [5.74, 6) is -4.00. The van der Waals surface area contributed by atoms with E-state index in [2.05, 4.69) is 10.3 Å². The lowest BCUT2D eigenvalue weighted by Gasteiger charge is -2.19. The SMILES string of the molecule is CC(NCC(F)(F)C(F)F)c1ccncc1. The van der Waals surface area contributed by atoms with Crippen molar-refractivity contribution in [2.75, 3.05) is 6.54 Å². The van der Waals surface area contributed by atoms with Crippen molar-refractivity contribution in [3.05, 3.63) is 30.1 Å². The molecule has 0 amide bonds. The van der Waals surface area contributed by atoms with Gasteiger partial charge in [-0.25, -0.2) is 8.78 Å². The molecule has 2 nitrogen and oxygen atoms in total. The average Bonchev–Trinajstić information content (AvgIpc) is 2.27. The Bertz CT molecular complexity index is 316. The molecule has 1 unspecified atom stereocenters. The second-order valence-corrected chi connectivity index (χ2v) is 3.44. The summed E-state index contributed by atoms with van der Waals surface area (Å²) in [6, 6.07) is 2.85. The summed E-state index contributed by atoms with van der Waals surface area (Å²) >= 11 is 0. The fourth-order valence-electron chi connectivity index (χ4n) is 1.14. The van der Waals surface area contributed by atoms with Gasteiger partial charge in [-0.2, -0.15) is 8.78 Å². The summed E-state index contributed by atoms with van der Waals surface area (Å²) in [6.45, 7) is 0.574. The van der Waals surface area contributed by atoms with Crippen LogP contribution in [-0.2, 0) is 0 Å². The lowest BCUT2D eigenvalue weighted by molar-refractivity contribution is -0.126. The molecule has 0 saturated heterocycles. The summed E-state index contributed by atoms with van der Waals surface area (Å²) in [6.07, 6.45) is -0.623. The normalized spacial score (nSPS) is 14.1. The summed E-state index contributed by atoms with van der Waals surface area (Å²) in [4.78, 5) is 3.77. The Balaban J connectivity index is 2.51. The molecular formula is C10H12F4N2. The van der Waals surface area contributed by atoms with Crippen LogP contribution in [0.4, 0.5) is 17.6 Å². The molecule has 0 aliphatic rings. The van der Waals surface area contributed by atoms with Crippen molar-refractivity contribution in [1.29, 1.82) is 0 Å². The third-order valence-corrected chi connectivity index (χ3v) is 2.17. The van der Waals surface area contributed by atoms with Crippen molar-refractivity contribution in [1.82, 2.24) is 10.3 Å². The molecule has 1 N–H and O–H groups in total. The zero-order chi connectivity index (χ0) is 12.2. The molecule has 0 aliphatic heterocycles. The number of alkyl halides is 4. The first kappa shape index (κ1) is 12.9. The monoisotopic (exact) mass is 236 g/mol. The molecule has 0 aromatic carbocycles. The van der Waals surface area contributed by atoms with E-state index < -0.39 is 24.9 Å². The topological polar surface area (TPSA) is 24.9 Å². The Morgan fingerprint density at radius 3 is 2.38 bits per heavy atom. The number of pyridine rings is 1. The van der Waals surface area contributed by atoms with E-state index in [0.717, 1.165) is 5.56 Å². The van der Waals surface area contributed by atoms with E-state index in [-0.39, 0.29) is 0 Å². The average molecular weight is 236 g/mol. The zero-order valence-corrected chi connectivity index (χ0v) is 8.63. The Morgan fingerprint density at radius 2 is 1.88 bits per heavy atom. The van der Waals surface area contributed by atoms with Gasteiger partial charge in [0.15, 0.2) is 0 Å². The van der Waals surface area contributed by atoms with E-state index in [9.17, 15) is 17.6 Å². The van der Waals surface area contributed by atoms with Crippen LogP contribution in [0, 0.1) is 0 Å². The van der Waals surface area contributed by atoms with Gasteiger partial charge in [0.25, 0.3) is 0 Å². The van der Waals surface area contributed by atoms with Crippen molar-refractivity contribution in [3.8, 4) is 0 Å². The van der Waals surface area contributed by atoms with Crippen LogP contribution in [0.1, 0.15) is 18.5 Å². The van der Waals surface area contributed by atoms with E-state index in [1.165, 1.54) is 12.4 Å². The van der Waals surface area contributed by atoms with Crippen LogP contribution in [-0.4, -0.2) is 23.9 Å². The van der Waals surface area contributed by atoms with Crippen LogP contribution in [0.15, 0.2) is 24.5 Å². The van der Waals surface area contributed by atoms with Crippen LogP contribution in [0.3, 0.4) is 0 Å². The van der Waals surface area contributed by atoms with E-state index in [1.807, 2.05) is 0 Å². The number of nitrogens with zero attached hydrogens (tertiary/aromatic N) is 1. The highest BCUT2D eigenvalue weighted by atomic mass is 19.3. The standard InChI is InChI=1S/C10H12F4N2/c1-7(8-2-4-15-5-3-8)16-6-10(13,14)9(11)12/h2-5,7,9,16H,6H2,1H3. The van der Waals surface area contributed by atoms with Crippen molar-refractivity contribution in [2.24, 2.45) is 0 Å². The van der Waals surface area contributed by atoms with E-state index >= 15 is 0 Å². The number of hydrogen-bond acceptors (Lipinski definition) is 2. The first-order chi connectivity index (χ1) is 7.43. The number of hydrogen-bond donors (Lipinski definition) is 1. The molecule has 0 bridgehead atoms. The molecule has 1 aromatic rings. The maximum atomic E-state index is 12.6. The smallest absolute Gasteiger partial charge is 0.304 e. The summed E-state index contributed by atoms with van der Waals surface area (Å²) < 4.78 is 48.9. The molecule has 1 rings (SSSR count). The third kappa shape index (κ3) is 3.44. The molecule has 0 aliphatic carbocycles. The minimum absolute atomic E-state index is 0.423. The van der Waals surface area contributed by atoms with E-state index in [0.29, 0.717) is 0 Å². The van der Waals surface area contributed by atoms with Gasteiger partial charge in [0, 0.05) is 18.4 Å². The highest BCUT2D eigenvalue weighted by molar-refractivity contribution is 5.13. The van der Waals surface area contributed by atoms with Crippen molar-refractivity contribution < 1.29 is 17.6 Å². The van der Waals surface area contributed by atoms with Gasteiger partial charge in [-0.1, -0.05) is 0 Å². The van der Waals surface area contributed by atoms with Gasteiger partial charge in [0.2, 0.25) is 0 Å². The lowest BCUT2D eigenvalue weighted by atomic mass is 10.1. The van der Waals surface area contributed by atoms with E-state index in [1.54, 1.807) is 19.1 Å². The zero-order valence-electron chi connectivity index (χ0n) is 8.63. The molecular weight excluding hydrogens is 224 g/mol. The lowest BCUT2D eigenvalue weighted by Crippen LogP contribution is -2.39. The molecule has 0 saturated carbocycles. The van der Waals surface area contributed by atoms with Gasteiger partial charge in [0.1, 0.15) is 0 Å². The Morgan fingerprint density at radius 1 is 1.31 bits per heavy atom. The fraction of sp³-hybridized carbons (Fsp3) is 0.500.